The van der Waals surface area contributed by atoms with Crippen molar-refractivity contribution in [2.75, 3.05) is 11.5 Å². The van der Waals surface area contributed by atoms with E-state index in [1.54, 1.807) is 11.3 Å². The Morgan fingerprint density at radius 2 is 2.00 bits per heavy atom. The summed E-state index contributed by atoms with van der Waals surface area (Å²) in [5.41, 5.74) is 0.970. The molecule has 1 fully saturated rings. The zero-order valence-electron chi connectivity index (χ0n) is 13.7. The second-order valence-electron chi connectivity index (χ2n) is 6.78. The van der Waals surface area contributed by atoms with E-state index in [1.807, 2.05) is 30.3 Å². The van der Waals surface area contributed by atoms with Gasteiger partial charge < -0.3 is 5.32 Å². The lowest BCUT2D eigenvalue weighted by molar-refractivity contribution is -0.126. The number of amides is 1. The van der Waals surface area contributed by atoms with Crippen LogP contribution >= 0.6 is 11.3 Å². The standard InChI is InChI=1S/C18H20N2O3S2/c21-17(19-12-9-10-25(22,23)11-12)13-5-1-2-6-14(13)18-20-15-7-3-4-8-16(15)24-18/h1-4,7-8,12-14H,5-6,9-11H2,(H,19,21)/t12-,13-,14-/m1/s1. The minimum Gasteiger partial charge on any atom is -0.352 e. The van der Waals surface area contributed by atoms with Crippen molar-refractivity contribution in [3.05, 3.63) is 41.4 Å². The van der Waals surface area contributed by atoms with E-state index in [-0.39, 0.29) is 35.3 Å². The number of aromatic nitrogens is 1. The summed E-state index contributed by atoms with van der Waals surface area (Å²) < 4.78 is 24.4. The van der Waals surface area contributed by atoms with Crippen molar-refractivity contribution in [3.63, 3.8) is 0 Å². The second kappa shape index (κ2) is 6.53. The number of hydrogen-bond donors (Lipinski definition) is 1. The van der Waals surface area contributed by atoms with Gasteiger partial charge in [-0.15, -0.1) is 11.3 Å². The minimum absolute atomic E-state index is 0.0456. The van der Waals surface area contributed by atoms with Crippen molar-refractivity contribution in [2.24, 2.45) is 5.92 Å². The lowest BCUT2D eigenvalue weighted by Gasteiger charge is -2.27. The van der Waals surface area contributed by atoms with Crippen LogP contribution in [0.3, 0.4) is 0 Å². The molecule has 0 unspecified atom stereocenters. The molecule has 25 heavy (non-hydrogen) atoms. The highest BCUT2D eigenvalue weighted by Crippen LogP contribution is 2.38. The first kappa shape index (κ1) is 16.7. The van der Waals surface area contributed by atoms with E-state index in [0.29, 0.717) is 12.8 Å². The maximum absolute atomic E-state index is 12.8. The molecular formula is C18H20N2O3S2. The molecule has 1 aromatic carbocycles. The molecule has 1 amide bonds. The Balaban J connectivity index is 1.54. The van der Waals surface area contributed by atoms with Crippen LogP contribution in [0.5, 0.6) is 0 Å². The molecule has 4 rings (SSSR count). The molecule has 3 atom stereocenters. The largest absolute Gasteiger partial charge is 0.352 e. The van der Waals surface area contributed by atoms with Crippen LogP contribution in [0.2, 0.25) is 0 Å². The SMILES string of the molecule is O=C(N[C@@H]1CCS(=O)(=O)C1)[C@@H]1CC=CC[C@H]1c1nc2ccccc2s1. The van der Waals surface area contributed by atoms with E-state index >= 15 is 0 Å². The maximum atomic E-state index is 12.8. The van der Waals surface area contributed by atoms with Crippen molar-refractivity contribution in [1.29, 1.82) is 0 Å². The van der Waals surface area contributed by atoms with E-state index in [1.165, 1.54) is 0 Å². The van der Waals surface area contributed by atoms with Gasteiger partial charge in [0, 0.05) is 12.0 Å². The molecule has 1 aliphatic carbocycles. The molecule has 7 heteroatoms. The molecule has 0 radical (unpaired) electrons. The quantitative estimate of drug-likeness (QED) is 0.836. The Morgan fingerprint density at radius 1 is 1.20 bits per heavy atom. The fraction of sp³-hybridized carbons (Fsp3) is 0.444. The highest BCUT2D eigenvalue weighted by atomic mass is 32.2. The number of fused-ring (bicyclic) bond motifs is 1. The number of rotatable bonds is 3. The number of thiazole rings is 1. The van der Waals surface area contributed by atoms with Crippen LogP contribution in [-0.4, -0.2) is 36.9 Å². The molecule has 1 saturated heterocycles. The Bertz CT molecular complexity index is 900. The normalized spacial score (nSPS) is 28.2. The summed E-state index contributed by atoms with van der Waals surface area (Å²) in [6.07, 6.45) is 6.13. The molecule has 1 aliphatic heterocycles. The molecule has 2 heterocycles. The van der Waals surface area contributed by atoms with Gasteiger partial charge in [0.25, 0.3) is 0 Å². The number of para-hydroxylation sites is 1. The Morgan fingerprint density at radius 3 is 2.76 bits per heavy atom. The van der Waals surface area contributed by atoms with Gasteiger partial charge in [-0.05, 0) is 31.4 Å². The summed E-state index contributed by atoms with van der Waals surface area (Å²) in [6, 6.07) is 7.76. The molecule has 5 nitrogen and oxygen atoms in total. The number of sulfone groups is 1. The maximum Gasteiger partial charge on any atom is 0.224 e. The molecule has 1 aromatic heterocycles. The average Bonchev–Trinajstić information content (AvgIpc) is 3.17. The molecule has 132 valence electrons. The predicted molar refractivity (Wildman–Crippen MR) is 99.4 cm³/mol. The van der Waals surface area contributed by atoms with E-state index in [9.17, 15) is 13.2 Å². The fourth-order valence-electron chi connectivity index (χ4n) is 3.64. The van der Waals surface area contributed by atoms with Crippen molar-refractivity contribution >= 4 is 37.3 Å². The lowest BCUT2D eigenvalue weighted by Crippen LogP contribution is -2.41. The summed E-state index contributed by atoms with van der Waals surface area (Å²) in [5.74, 6) is 0.0571. The van der Waals surface area contributed by atoms with Crippen LogP contribution in [0, 0.1) is 5.92 Å². The van der Waals surface area contributed by atoms with Crippen LogP contribution < -0.4 is 5.32 Å². The summed E-state index contributed by atoms with van der Waals surface area (Å²) in [7, 11) is -2.99. The van der Waals surface area contributed by atoms with Gasteiger partial charge >= 0.3 is 0 Å². The monoisotopic (exact) mass is 376 g/mol. The Kier molecular flexibility index (Phi) is 4.37. The highest BCUT2D eigenvalue weighted by molar-refractivity contribution is 7.91. The Hall–Kier alpha value is -1.73. The lowest BCUT2D eigenvalue weighted by atomic mass is 9.82. The molecular weight excluding hydrogens is 356 g/mol. The highest BCUT2D eigenvalue weighted by Gasteiger charge is 2.35. The van der Waals surface area contributed by atoms with Gasteiger partial charge in [-0.25, -0.2) is 13.4 Å². The van der Waals surface area contributed by atoms with E-state index in [4.69, 9.17) is 4.98 Å². The summed E-state index contributed by atoms with van der Waals surface area (Å²) in [4.78, 5) is 17.5. The van der Waals surface area contributed by atoms with Crippen molar-refractivity contribution in [1.82, 2.24) is 10.3 Å². The van der Waals surface area contributed by atoms with Crippen LogP contribution in [0.1, 0.15) is 30.2 Å². The second-order valence-corrected chi connectivity index (χ2v) is 10.1. The smallest absolute Gasteiger partial charge is 0.224 e. The van der Waals surface area contributed by atoms with Crippen LogP contribution in [0.15, 0.2) is 36.4 Å². The van der Waals surface area contributed by atoms with E-state index < -0.39 is 9.84 Å². The van der Waals surface area contributed by atoms with Gasteiger partial charge in [0.15, 0.2) is 9.84 Å². The molecule has 0 saturated carbocycles. The Labute approximate surface area is 151 Å². The first-order chi connectivity index (χ1) is 12.0. The summed E-state index contributed by atoms with van der Waals surface area (Å²) in [6.45, 7) is 0. The summed E-state index contributed by atoms with van der Waals surface area (Å²) in [5, 5.41) is 3.95. The van der Waals surface area contributed by atoms with Crippen LogP contribution in [0.4, 0.5) is 0 Å². The third-order valence-electron chi connectivity index (χ3n) is 4.98. The van der Waals surface area contributed by atoms with Crippen molar-refractivity contribution in [3.8, 4) is 0 Å². The third kappa shape index (κ3) is 3.48. The molecule has 2 aromatic rings. The molecule has 2 aliphatic rings. The van der Waals surface area contributed by atoms with Crippen LogP contribution in [-0.2, 0) is 14.6 Å². The average molecular weight is 377 g/mol. The van der Waals surface area contributed by atoms with Crippen molar-refractivity contribution < 1.29 is 13.2 Å². The molecule has 1 N–H and O–H groups in total. The number of nitrogens with one attached hydrogen (secondary N) is 1. The minimum atomic E-state index is -2.99. The van der Waals surface area contributed by atoms with Gasteiger partial charge in [0.1, 0.15) is 0 Å². The van der Waals surface area contributed by atoms with E-state index in [0.717, 1.165) is 21.6 Å². The molecule has 0 bridgehead atoms. The number of allylic oxidation sites excluding steroid dienone is 2. The summed E-state index contributed by atoms with van der Waals surface area (Å²) >= 11 is 1.65. The van der Waals surface area contributed by atoms with Crippen LogP contribution in [0.25, 0.3) is 10.2 Å². The number of carbonyl (C=O) groups is 1. The van der Waals surface area contributed by atoms with Gasteiger partial charge in [0.05, 0.1) is 32.6 Å². The van der Waals surface area contributed by atoms with Gasteiger partial charge in [-0.3, -0.25) is 4.79 Å². The predicted octanol–water partition coefficient (Wildman–Crippen LogP) is 2.65. The first-order valence-electron chi connectivity index (χ1n) is 8.53. The third-order valence-corrected chi connectivity index (χ3v) is 7.91. The van der Waals surface area contributed by atoms with E-state index in [2.05, 4.69) is 11.4 Å². The fourth-order valence-corrected chi connectivity index (χ4v) is 6.46. The van der Waals surface area contributed by atoms with Crippen molar-refractivity contribution in [2.45, 2.75) is 31.2 Å². The van der Waals surface area contributed by atoms with Gasteiger partial charge in [-0.2, -0.15) is 0 Å². The first-order valence-corrected chi connectivity index (χ1v) is 11.2. The van der Waals surface area contributed by atoms with Gasteiger partial charge in [-0.1, -0.05) is 24.3 Å². The van der Waals surface area contributed by atoms with Gasteiger partial charge in [0.2, 0.25) is 5.91 Å². The molecule has 0 spiro atoms. The topological polar surface area (TPSA) is 76.1 Å². The number of nitrogens with zero attached hydrogens (tertiary/aromatic N) is 1. The zero-order chi connectivity index (χ0) is 17.4. The number of hydrogen-bond acceptors (Lipinski definition) is 5. The number of carbonyl (C=O) groups excluding carboxylic acids is 1. The zero-order valence-corrected chi connectivity index (χ0v) is 15.4. The number of benzene rings is 1.